The predicted octanol–water partition coefficient (Wildman–Crippen LogP) is 1.91. The minimum atomic E-state index is -0.682. The van der Waals surface area contributed by atoms with Crippen LogP contribution < -0.4 is 10.7 Å². The van der Waals surface area contributed by atoms with Crippen LogP contribution in [0.2, 0.25) is 0 Å². The van der Waals surface area contributed by atoms with Crippen LogP contribution in [0.4, 0.5) is 11.4 Å². The molecule has 5 nitrogen and oxygen atoms in total. The Labute approximate surface area is 99.3 Å². The normalized spacial score (nSPS) is 21.6. The molecule has 1 aromatic rings. The van der Waals surface area contributed by atoms with E-state index in [0.717, 1.165) is 0 Å². The van der Waals surface area contributed by atoms with Crippen molar-refractivity contribution >= 4 is 23.5 Å². The third kappa shape index (κ3) is 2.26. The SMILES string of the molecule is [C-]#[N+]c1ccc(NC(=O)C2(C)CC=NN2)cc1. The summed E-state index contributed by atoms with van der Waals surface area (Å²) in [6.07, 6.45) is 2.25. The van der Waals surface area contributed by atoms with Crippen LogP contribution in [0.15, 0.2) is 29.4 Å². The second-order valence-electron chi connectivity index (χ2n) is 4.07. The molecule has 2 rings (SSSR count). The van der Waals surface area contributed by atoms with Gasteiger partial charge in [0.1, 0.15) is 5.54 Å². The molecule has 0 radical (unpaired) electrons. The Morgan fingerprint density at radius 2 is 2.24 bits per heavy atom. The Morgan fingerprint density at radius 1 is 1.53 bits per heavy atom. The Hall–Kier alpha value is -2.35. The first-order chi connectivity index (χ1) is 8.14. The predicted molar refractivity (Wildman–Crippen MR) is 66.0 cm³/mol. The lowest BCUT2D eigenvalue weighted by Gasteiger charge is -2.22. The lowest BCUT2D eigenvalue weighted by molar-refractivity contribution is -0.121. The van der Waals surface area contributed by atoms with Crippen LogP contribution in [0.5, 0.6) is 0 Å². The fourth-order valence-corrected chi connectivity index (χ4v) is 1.49. The third-order valence-corrected chi connectivity index (χ3v) is 2.66. The first-order valence-corrected chi connectivity index (χ1v) is 5.22. The van der Waals surface area contributed by atoms with E-state index in [0.29, 0.717) is 17.8 Å². The lowest BCUT2D eigenvalue weighted by Crippen LogP contribution is -2.47. The number of hydrazone groups is 1. The molecule has 0 aromatic heterocycles. The molecular formula is C12H12N4O. The van der Waals surface area contributed by atoms with E-state index in [9.17, 15) is 4.79 Å². The quantitative estimate of drug-likeness (QED) is 0.760. The molecule has 1 aromatic carbocycles. The zero-order valence-corrected chi connectivity index (χ0v) is 9.40. The maximum Gasteiger partial charge on any atom is 0.251 e. The second kappa shape index (κ2) is 4.26. The number of carbonyl (C=O) groups excluding carboxylic acids is 1. The van der Waals surface area contributed by atoms with Crippen molar-refractivity contribution in [2.45, 2.75) is 18.9 Å². The molecule has 0 fully saturated rings. The van der Waals surface area contributed by atoms with Crippen molar-refractivity contribution in [1.82, 2.24) is 5.43 Å². The van der Waals surface area contributed by atoms with Crippen molar-refractivity contribution in [3.63, 3.8) is 0 Å². The number of benzene rings is 1. The number of nitrogens with one attached hydrogen (secondary N) is 2. The summed E-state index contributed by atoms with van der Waals surface area (Å²) in [6.45, 7) is 8.63. The van der Waals surface area contributed by atoms with Crippen LogP contribution in [0.1, 0.15) is 13.3 Å². The molecule has 1 heterocycles. The molecule has 5 heteroatoms. The molecule has 86 valence electrons. The number of hydrogen-bond donors (Lipinski definition) is 2. The highest BCUT2D eigenvalue weighted by atomic mass is 16.2. The number of rotatable bonds is 2. The minimum absolute atomic E-state index is 0.134. The van der Waals surface area contributed by atoms with E-state index in [1.165, 1.54) is 0 Å². The molecule has 1 aliphatic heterocycles. The smallest absolute Gasteiger partial charge is 0.251 e. The van der Waals surface area contributed by atoms with E-state index in [1.807, 2.05) is 0 Å². The van der Waals surface area contributed by atoms with Crippen molar-refractivity contribution in [2.24, 2.45) is 5.10 Å². The molecule has 2 N–H and O–H groups in total. The average Bonchev–Trinajstić information content (AvgIpc) is 2.78. The van der Waals surface area contributed by atoms with Crippen LogP contribution in [-0.4, -0.2) is 17.7 Å². The van der Waals surface area contributed by atoms with E-state index in [1.54, 1.807) is 37.4 Å². The molecule has 0 aliphatic carbocycles. The van der Waals surface area contributed by atoms with Crippen LogP contribution in [0.3, 0.4) is 0 Å². The average molecular weight is 228 g/mol. The Morgan fingerprint density at radius 3 is 2.76 bits per heavy atom. The van der Waals surface area contributed by atoms with Crippen molar-refractivity contribution in [3.8, 4) is 0 Å². The molecule has 1 amide bonds. The number of carbonyl (C=O) groups is 1. The van der Waals surface area contributed by atoms with Gasteiger partial charge < -0.3 is 5.32 Å². The van der Waals surface area contributed by atoms with Gasteiger partial charge in [0, 0.05) is 18.3 Å². The first-order valence-electron chi connectivity index (χ1n) is 5.22. The lowest BCUT2D eigenvalue weighted by atomic mass is 9.99. The van der Waals surface area contributed by atoms with E-state index in [2.05, 4.69) is 20.7 Å². The van der Waals surface area contributed by atoms with Gasteiger partial charge in [-0.2, -0.15) is 5.10 Å². The topological polar surface area (TPSA) is 57.9 Å². The van der Waals surface area contributed by atoms with E-state index < -0.39 is 5.54 Å². The zero-order chi connectivity index (χ0) is 12.3. The van der Waals surface area contributed by atoms with Crippen LogP contribution in [0.25, 0.3) is 4.85 Å². The zero-order valence-electron chi connectivity index (χ0n) is 9.40. The maximum absolute atomic E-state index is 12.0. The van der Waals surface area contributed by atoms with Gasteiger partial charge in [0.2, 0.25) is 0 Å². The molecule has 0 bridgehead atoms. The van der Waals surface area contributed by atoms with E-state index >= 15 is 0 Å². The number of amides is 1. The van der Waals surface area contributed by atoms with Crippen LogP contribution >= 0.6 is 0 Å². The van der Waals surface area contributed by atoms with E-state index in [4.69, 9.17) is 6.57 Å². The van der Waals surface area contributed by atoms with Crippen LogP contribution in [0, 0.1) is 6.57 Å². The molecule has 1 unspecified atom stereocenters. The first kappa shape index (κ1) is 11.1. The summed E-state index contributed by atoms with van der Waals surface area (Å²) in [5.41, 5.74) is 3.33. The van der Waals surface area contributed by atoms with Gasteiger partial charge in [0.25, 0.3) is 5.91 Å². The summed E-state index contributed by atoms with van der Waals surface area (Å²) < 4.78 is 0. The summed E-state index contributed by atoms with van der Waals surface area (Å²) in [5.74, 6) is -0.134. The largest absolute Gasteiger partial charge is 0.324 e. The van der Waals surface area contributed by atoms with Gasteiger partial charge in [0.05, 0.1) is 6.57 Å². The van der Waals surface area contributed by atoms with Gasteiger partial charge >= 0.3 is 0 Å². The molecule has 17 heavy (non-hydrogen) atoms. The monoisotopic (exact) mass is 228 g/mol. The minimum Gasteiger partial charge on any atom is -0.324 e. The van der Waals surface area contributed by atoms with E-state index in [-0.39, 0.29) is 5.91 Å². The molecular weight excluding hydrogens is 216 g/mol. The summed E-state index contributed by atoms with van der Waals surface area (Å²) in [7, 11) is 0. The molecule has 1 atom stereocenters. The van der Waals surface area contributed by atoms with Gasteiger partial charge in [-0.15, -0.1) is 0 Å². The highest BCUT2D eigenvalue weighted by Crippen LogP contribution is 2.19. The van der Waals surface area contributed by atoms with Gasteiger partial charge in [-0.1, -0.05) is 12.1 Å². The summed E-state index contributed by atoms with van der Waals surface area (Å²) in [5, 5.41) is 6.64. The fraction of sp³-hybridized carbons (Fsp3) is 0.250. The highest BCUT2D eigenvalue weighted by Gasteiger charge is 2.34. The number of hydrogen-bond acceptors (Lipinski definition) is 3. The third-order valence-electron chi connectivity index (χ3n) is 2.66. The second-order valence-corrected chi connectivity index (χ2v) is 4.07. The maximum atomic E-state index is 12.0. The summed E-state index contributed by atoms with van der Waals surface area (Å²) >= 11 is 0. The fourth-order valence-electron chi connectivity index (χ4n) is 1.49. The molecule has 0 spiro atoms. The highest BCUT2D eigenvalue weighted by molar-refractivity contribution is 6.00. The van der Waals surface area contributed by atoms with Crippen molar-refractivity contribution in [3.05, 3.63) is 35.7 Å². The summed E-state index contributed by atoms with van der Waals surface area (Å²) in [6, 6.07) is 6.77. The standard InChI is InChI=1S/C12H12N4O/c1-12(7-8-14-16-12)11(17)15-10-5-3-9(13-2)4-6-10/h3-6,8,16H,7H2,1H3,(H,15,17). The van der Waals surface area contributed by atoms with Crippen molar-refractivity contribution in [2.75, 3.05) is 5.32 Å². The van der Waals surface area contributed by atoms with Crippen molar-refractivity contribution in [1.29, 1.82) is 0 Å². The van der Waals surface area contributed by atoms with Gasteiger partial charge in [-0.3, -0.25) is 10.2 Å². The van der Waals surface area contributed by atoms with Crippen molar-refractivity contribution < 1.29 is 4.79 Å². The molecule has 0 saturated carbocycles. The number of nitrogens with zero attached hydrogens (tertiary/aromatic N) is 2. The Bertz CT molecular complexity index is 490. The Kier molecular flexibility index (Phi) is 2.79. The van der Waals surface area contributed by atoms with Crippen LogP contribution in [-0.2, 0) is 4.79 Å². The molecule has 1 aliphatic rings. The Balaban J connectivity index is 2.06. The summed E-state index contributed by atoms with van der Waals surface area (Å²) in [4.78, 5) is 15.3. The molecule has 0 saturated heterocycles. The number of anilines is 1. The van der Waals surface area contributed by atoms with Gasteiger partial charge in [-0.05, 0) is 19.1 Å². The van der Waals surface area contributed by atoms with Gasteiger partial charge in [0.15, 0.2) is 5.69 Å². The van der Waals surface area contributed by atoms with Gasteiger partial charge in [-0.25, -0.2) is 4.85 Å².